The highest BCUT2D eigenvalue weighted by atomic mass is 32.2. The van der Waals surface area contributed by atoms with Gasteiger partial charge in [0.15, 0.2) is 11.6 Å². The van der Waals surface area contributed by atoms with Gasteiger partial charge in [-0.3, -0.25) is 4.79 Å². The van der Waals surface area contributed by atoms with Crippen molar-refractivity contribution in [2.24, 2.45) is 5.92 Å². The maximum Gasteiger partial charge on any atom is 0.247 e. The average Bonchev–Trinajstić information content (AvgIpc) is 3.32. The molecule has 0 aliphatic carbocycles. The third-order valence-electron chi connectivity index (χ3n) is 5.46. The molecule has 4 rings (SSSR count). The molecule has 1 saturated heterocycles. The molecule has 0 unspecified atom stereocenters. The fourth-order valence-electron chi connectivity index (χ4n) is 3.57. The molecule has 1 amide bonds. The summed E-state index contributed by atoms with van der Waals surface area (Å²) in [5.41, 5.74) is 2.11. The fraction of sp³-hybridized carbons (Fsp3) is 0.286. The van der Waals surface area contributed by atoms with E-state index in [-0.39, 0.29) is 23.9 Å². The van der Waals surface area contributed by atoms with E-state index in [4.69, 9.17) is 4.42 Å². The van der Waals surface area contributed by atoms with Crippen LogP contribution in [0.2, 0.25) is 0 Å². The highest BCUT2D eigenvalue weighted by Gasteiger charge is 2.32. The predicted molar refractivity (Wildman–Crippen MR) is 111 cm³/mol. The quantitative estimate of drug-likeness (QED) is 0.623. The molecule has 3 aromatic rings. The second-order valence-electron chi connectivity index (χ2n) is 7.52. The number of nitrogens with zero attached hydrogens (tertiary/aromatic N) is 3. The number of carbonyl (C=O) groups is 1. The Morgan fingerprint density at radius 3 is 2.53 bits per heavy atom. The van der Waals surface area contributed by atoms with Crippen LogP contribution in [0, 0.1) is 24.5 Å². The summed E-state index contributed by atoms with van der Waals surface area (Å²) in [6.45, 7) is 2.05. The monoisotopic (exact) mass is 462 g/mol. The van der Waals surface area contributed by atoms with E-state index in [2.05, 4.69) is 15.5 Å². The number of sulfonamides is 1. The first-order valence-corrected chi connectivity index (χ1v) is 11.3. The molecule has 168 valence electrons. The Morgan fingerprint density at radius 1 is 1.12 bits per heavy atom. The first kappa shape index (κ1) is 22.0. The number of hydrogen-bond donors (Lipinski definition) is 1. The van der Waals surface area contributed by atoms with Crippen LogP contribution >= 0.6 is 0 Å². The van der Waals surface area contributed by atoms with Crippen molar-refractivity contribution in [1.29, 1.82) is 0 Å². The second-order valence-corrected chi connectivity index (χ2v) is 9.46. The summed E-state index contributed by atoms with van der Waals surface area (Å²) in [6, 6.07) is 7.86. The number of rotatable bonds is 5. The van der Waals surface area contributed by atoms with E-state index in [0.717, 1.165) is 17.7 Å². The lowest BCUT2D eigenvalue weighted by atomic mass is 9.97. The van der Waals surface area contributed by atoms with Crippen LogP contribution in [-0.4, -0.2) is 41.9 Å². The van der Waals surface area contributed by atoms with Gasteiger partial charge in [0.1, 0.15) is 0 Å². The van der Waals surface area contributed by atoms with Crippen LogP contribution in [-0.2, 0) is 14.8 Å². The second kappa shape index (κ2) is 8.75. The van der Waals surface area contributed by atoms with E-state index in [0.29, 0.717) is 36.0 Å². The summed E-state index contributed by atoms with van der Waals surface area (Å²) in [6.07, 6.45) is 1.82. The minimum Gasteiger partial charge on any atom is -0.423 e. The van der Waals surface area contributed by atoms with Crippen molar-refractivity contribution in [3.05, 3.63) is 60.0 Å². The van der Waals surface area contributed by atoms with Crippen molar-refractivity contribution in [3.63, 3.8) is 0 Å². The van der Waals surface area contributed by atoms with Crippen molar-refractivity contribution >= 4 is 21.6 Å². The first-order valence-electron chi connectivity index (χ1n) is 9.89. The number of anilines is 1. The standard InChI is InChI=1S/C21H20F2N4O4S/c1-13-2-3-15(21-26-24-12-31-21)10-19(13)25-20(28)14-6-8-27(9-7-14)32(29,30)16-4-5-17(22)18(23)11-16/h2-5,10-12,14H,6-9H2,1H3,(H,25,28). The number of halogens is 2. The van der Waals surface area contributed by atoms with Crippen LogP contribution in [0.15, 0.2) is 52.1 Å². The molecule has 1 aliphatic heterocycles. The van der Waals surface area contributed by atoms with E-state index in [9.17, 15) is 22.0 Å². The third kappa shape index (κ3) is 4.39. The molecule has 1 N–H and O–H groups in total. The predicted octanol–water partition coefficient (Wildman–Crippen LogP) is 3.36. The number of nitrogens with one attached hydrogen (secondary N) is 1. The smallest absolute Gasteiger partial charge is 0.247 e. The topological polar surface area (TPSA) is 105 Å². The fourth-order valence-corrected chi connectivity index (χ4v) is 5.05. The summed E-state index contributed by atoms with van der Waals surface area (Å²) in [5.74, 6) is -2.62. The third-order valence-corrected chi connectivity index (χ3v) is 7.35. The molecule has 1 aromatic heterocycles. The Hall–Kier alpha value is -3.18. The van der Waals surface area contributed by atoms with Gasteiger partial charge in [-0.25, -0.2) is 17.2 Å². The molecule has 2 aromatic carbocycles. The van der Waals surface area contributed by atoms with E-state index >= 15 is 0 Å². The van der Waals surface area contributed by atoms with Gasteiger partial charge in [0.25, 0.3) is 0 Å². The number of aryl methyl sites for hydroxylation is 1. The first-order chi connectivity index (χ1) is 15.3. The number of benzene rings is 2. The van der Waals surface area contributed by atoms with Crippen LogP contribution in [0.25, 0.3) is 11.5 Å². The molecular weight excluding hydrogens is 442 g/mol. The minimum atomic E-state index is -3.98. The van der Waals surface area contributed by atoms with Gasteiger partial charge in [-0.15, -0.1) is 10.2 Å². The van der Waals surface area contributed by atoms with Crippen molar-refractivity contribution in [2.45, 2.75) is 24.7 Å². The lowest BCUT2D eigenvalue weighted by Gasteiger charge is -2.30. The highest BCUT2D eigenvalue weighted by Crippen LogP contribution is 2.28. The maximum atomic E-state index is 13.5. The molecular formula is C21H20F2N4O4S. The molecule has 0 spiro atoms. The van der Waals surface area contributed by atoms with Gasteiger partial charge < -0.3 is 9.73 Å². The molecule has 8 nitrogen and oxygen atoms in total. The van der Waals surface area contributed by atoms with Crippen LogP contribution in [0.5, 0.6) is 0 Å². The maximum absolute atomic E-state index is 13.5. The number of aromatic nitrogens is 2. The van der Waals surface area contributed by atoms with Crippen molar-refractivity contribution in [2.75, 3.05) is 18.4 Å². The molecule has 0 bridgehead atoms. The van der Waals surface area contributed by atoms with E-state index in [1.54, 1.807) is 12.1 Å². The lowest BCUT2D eigenvalue weighted by Crippen LogP contribution is -2.41. The van der Waals surface area contributed by atoms with E-state index in [1.807, 2.05) is 13.0 Å². The number of amides is 1. The Labute approximate surface area is 183 Å². The lowest BCUT2D eigenvalue weighted by molar-refractivity contribution is -0.120. The van der Waals surface area contributed by atoms with Gasteiger partial charge in [0.2, 0.25) is 28.2 Å². The van der Waals surface area contributed by atoms with Gasteiger partial charge in [-0.2, -0.15) is 4.31 Å². The molecule has 0 saturated carbocycles. The Kier molecular flexibility index (Phi) is 6.02. The average molecular weight is 462 g/mol. The van der Waals surface area contributed by atoms with Gasteiger partial charge in [0.05, 0.1) is 4.90 Å². The van der Waals surface area contributed by atoms with Crippen molar-refractivity contribution in [3.8, 4) is 11.5 Å². The largest absolute Gasteiger partial charge is 0.423 e. The van der Waals surface area contributed by atoms with Crippen LogP contribution in [0.4, 0.5) is 14.5 Å². The van der Waals surface area contributed by atoms with Crippen LogP contribution < -0.4 is 5.32 Å². The molecule has 32 heavy (non-hydrogen) atoms. The molecule has 0 atom stereocenters. The van der Waals surface area contributed by atoms with Crippen LogP contribution in [0.1, 0.15) is 18.4 Å². The van der Waals surface area contributed by atoms with Gasteiger partial charge in [-0.05, 0) is 55.7 Å². The molecule has 11 heteroatoms. The van der Waals surface area contributed by atoms with E-state index < -0.39 is 27.6 Å². The zero-order valence-electron chi connectivity index (χ0n) is 17.1. The normalized spacial score (nSPS) is 15.6. The van der Waals surface area contributed by atoms with Gasteiger partial charge >= 0.3 is 0 Å². The van der Waals surface area contributed by atoms with Crippen molar-refractivity contribution in [1.82, 2.24) is 14.5 Å². The number of hydrogen-bond acceptors (Lipinski definition) is 6. The van der Waals surface area contributed by atoms with Gasteiger partial charge in [-0.1, -0.05) is 6.07 Å². The number of piperidine rings is 1. The Balaban J connectivity index is 1.42. The summed E-state index contributed by atoms with van der Waals surface area (Å²) in [7, 11) is -3.98. The Morgan fingerprint density at radius 2 is 1.88 bits per heavy atom. The summed E-state index contributed by atoms with van der Waals surface area (Å²) in [4.78, 5) is 12.5. The SMILES string of the molecule is Cc1ccc(-c2nnco2)cc1NC(=O)C1CCN(S(=O)(=O)c2ccc(F)c(F)c2)CC1. The zero-order chi connectivity index (χ0) is 22.9. The summed E-state index contributed by atoms with van der Waals surface area (Å²) in [5, 5.41) is 10.4. The van der Waals surface area contributed by atoms with Crippen LogP contribution in [0.3, 0.4) is 0 Å². The Bertz CT molecular complexity index is 1240. The minimum absolute atomic E-state index is 0.0976. The zero-order valence-corrected chi connectivity index (χ0v) is 17.9. The van der Waals surface area contributed by atoms with E-state index in [1.165, 1.54) is 10.7 Å². The number of carbonyl (C=O) groups excluding carboxylic acids is 1. The molecule has 1 fully saturated rings. The van der Waals surface area contributed by atoms with Gasteiger partial charge in [0, 0.05) is 30.3 Å². The summed E-state index contributed by atoms with van der Waals surface area (Å²) >= 11 is 0. The molecule has 2 heterocycles. The van der Waals surface area contributed by atoms with Crippen molar-refractivity contribution < 1.29 is 26.4 Å². The highest BCUT2D eigenvalue weighted by molar-refractivity contribution is 7.89. The molecule has 0 radical (unpaired) electrons. The molecule has 1 aliphatic rings. The summed E-state index contributed by atoms with van der Waals surface area (Å²) < 4.78 is 58.5.